The quantitative estimate of drug-likeness (QED) is 0.0735. The Morgan fingerprint density at radius 2 is 1.40 bits per heavy atom. The number of carbonyl (C=O) groups is 4. The lowest BCUT2D eigenvalue weighted by Crippen LogP contribution is -2.59. The number of ether oxygens (including phenoxy) is 1. The number of hydrogen-bond donors (Lipinski definition) is 6. The fraction of sp³-hybridized carbons (Fsp3) is 0.393. The predicted molar refractivity (Wildman–Crippen MR) is 150 cm³/mol. The molecular weight excluding hydrogens is 516 g/mol. The Hall–Kier alpha value is -4.45. The Bertz CT molecular complexity index is 1140. The summed E-state index contributed by atoms with van der Waals surface area (Å²) in [6.07, 6.45) is -0.605. The molecule has 2 rings (SSSR count). The van der Waals surface area contributed by atoms with Crippen LogP contribution in [0.15, 0.2) is 65.7 Å². The van der Waals surface area contributed by atoms with Crippen LogP contribution in [-0.4, -0.2) is 72.6 Å². The van der Waals surface area contributed by atoms with E-state index in [2.05, 4.69) is 20.9 Å². The summed E-state index contributed by atoms with van der Waals surface area (Å²) in [6.45, 7) is 1.59. The fourth-order valence-electron chi connectivity index (χ4n) is 3.88. The topological polar surface area (TPSA) is 198 Å². The highest BCUT2D eigenvalue weighted by Gasteiger charge is 2.32. The second kappa shape index (κ2) is 16.5. The summed E-state index contributed by atoms with van der Waals surface area (Å²) >= 11 is 0. The Morgan fingerprint density at radius 3 is 1.90 bits per heavy atom. The number of nitrogens with two attached hydrogens (primary N) is 2. The standard InChI is InChI=1S/C28H38N6O6/c1-18(35)24(26(38)33-22(27(39)40-2)17-20-12-7-4-8-13-20)34-25(37)21(16-19-10-5-3-6-11-19)32-23(36)14-9-15-31-28(29)30/h3-8,10-13,18,21-22,24,35H,9,14-17H2,1-2H3,(H,32,36)(H,33,38)(H,34,37)(H4,29,30,31). The molecule has 0 saturated carbocycles. The highest BCUT2D eigenvalue weighted by Crippen LogP contribution is 2.08. The molecule has 0 spiro atoms. The van der Waals surface area contributed by atoms with Gasteiger partial charge in [0.05, 0.1) is 13.2 Å². The number of benzene rings is 2. The molecule has 0 heterocycles. The number of carbonyl (C=O) groups excluding carboxylic acids is 4. The van der Waals surface area contributed by atoms with Crippen molar-refractivity contribution < 1.29 is 29.0 Å². The smallest absolute Gasteiger partial charge is 0.328 e. The monoisotopic (exact) mass is 554 g/mol. The minimum atomic E-state index is -1.41. The molecule has 0 fully saturated rings. The van der Waals surface area contributed by atoms with Crippen molar-refractivity contribution in [3.05, 3.63) is 71.8 Å². The molecule has 0 aliphatic heterocycles. The van der Waals surface area contributed by atoms with Crippen LogP contribution in [0.4, 0.5) is 0 Å². The lowest BCUT2D eigenvalue weighted by molar-refractivity contribution is -0.146. The molecule has 40 heavy (non-hydrogen) atoms. The van der Waals surface area contributed by atoms with Crippen LogP contribution in [0.25, 0.3) is 0 Å². The van der Waals surface area contributed by atoms with E-state index in [4.69, 9.17) is 16.2 Å². The molecule has 0 saturated heterocycles. The summed E-state index contributed by atoms with van der Waals surface area (Å²) in [5, 5.41) is 18.1. The highest BCUT2D eigenvalue weighted by atomic mass is 16.5. The predicted octanol–water partition coefficient (Wildman–Crippen LogP) is -0.466. The van der Waals surface area contributed by atoms with E-state index in [0.29, 0.717) is 6.42 Å². The van der Waals surface area contributed by atoms with Gasteiger partial charge in [-0.1, -0.05) is 60.7 Å². The maximum absolute atomic E-state index is 13.3. The number of aliphatic hydroxyl groups is 1. The van der Waals surface area contributed by atoms with Crippen LogP contribution < -0.4 is 27.4 Å². The molecule has 3 amide bonds. The maximum atomic E-state index is 13.3. The number of guanidine groups is 1. The summed E-state index contributed by atoms with van der Waals surface area (Å²) in [4.78, 5) is 55.3. The molecule has 0 radical (unpaired) electrons. The third kappa shape index (κ3) is 11.1. The molecule has 0 aromatic heterocycles. The Labute approximate surface area is 233 Å². The van der Waals surface area contributed by atoms with Gasteiger partial charge in [0.2, 0.25) is 17.7 Å². The Balaban J connectivity index is 2.15. The zero-order chi connectivity index (χ0) is 29.5. The summed E-state index contributed by atoms with van der Waals surface area (Å²) < 4.78 is 4.84. The van der Waals surface area contributed by atoms with E-state index < -0.39 is 47.9 Å². The number of methoxy groups -OCH3 is 1. The number of aliphatic imine (C=N–C) groups is 1. The van der Waals surface area contributed by atoms with E-state index in [-0.39, 0.29) is 31.8 Å². The van der Waals surface area contributed by atoms with Gasteiger partial charge in [0.25, 0.3) is 0 Å². The SMILES string of the molecule is COC(=O)C(Cc1ccccc1)NC(=O)C(NC(=O)C(Cc1ccccc1)NC(=O)CCCN=C(N)N)C(C)O. The van der Waals surface area contributed by atoms with Gasteiger partial charge in [-0.05, 0) is 24.5 Å². The lowest BCUT2D eigenvalue weighted by Gasteiger charge is -2.26. The summed E-state index contributed by atoms with van der Waals surface area (Å²) in [5.41, 5.74) is 12.2. The van der Waals surface area contributed by atoms with Crippen molar-refractivity contribution >= 4 is 29.7 Å². The highest BCUT2D eigenvalue weighted by molar-refractivity contribution is 5.94. The first kappa shape index (κ1) is 31.8. The van der Waals surface area contributed by atoms with Crippen molar-refractivity contribution in [3.63, 3.8) is 0 Å². The molecule has 2 aromatic rings. The Morgan fingerprint density at radius 1 is 0.850 bits per heavy atom. The molecule has 0 bridgehead atoms. The Kier molecular flexibility index (Phi) is 13.1. The van der Waals surface area contributed by atoms with Crippen LogP contribution in [0.1, 0.15) is 30.9 Å². The van der Waals surface area contributed by atoms with E-state index in [1.54, 1.807) is 48.5 Å². The van der Waals surface area contributed by atoms with E-state index >= 15 is 0 Å². The number of aliphatic hydroxyl groups excluding tert-OH is 1. The first-order valence-corrected chi connectivity index (χ1v) is 12.9. The third-order valence-corrected chi connectivity index (χ3v) is 5.94. The number of nitrogens with one attached hydrogen (secondary N) is 3. The maximum Gasteiger partial charge on any atom is 0.328 e. The van der Waals surface area contributed by atoms with Gasteiger partial charge in [0, 0.05) is 25.8 Å². The number of nitrogens with zero attached hydrogens (tertiary/aromatic N) is 1. The molecule has 0 aliphatic rings. The minimum absolute atomic E-state index is 0.0654. The second-order valence-corrected chi connectivity index (χ2v) is 9.22. The minimum Gasteiger partial charge on any atom is -0.467 e. The number of rotatable bonds is 15. The molecule has 2 aromatic carbocycles. The molecule has 12 heteroatoms. The molecule has 216 valence electrons. The first-order chi connectivity index (χ1) is 19.1. The van der Waals surface area contributed by atoms with Crippen LogP contribution in [0.2, 0.25) is 0 Å². The number of esters is 1. The molecule has 4 atom stereocenters. The fourth-order valence-corrected chi connectivity index (χ4v) is 3.88. The van der Waals surface area contributed by atoms with Gasteiger partial charge in [-0.2, -0.15) is 0 Å². The van der Waals surface area contributed by atoms with Gasteiger partial charge in [-0.15, -0.1) is 0 Å². The molecule has 8 N–H and O–H groups in total. The molecular formula is C28H38N6O6. The van der Waals surface area contributed by atoms with Gasteiger partial charge < -0.3 is 37.3 Å². The van der Waals surface area contributed by atoms with E-state index in [9.17, 15) is 24.3 Å². The average Bonchev–Trinajstić information content (AvgIpc) is 2.93. The van der Waals surface area contributed by atoms with E-state index in [1.807, 2.05) is 12.1 Å². The number of amides is 3. The zero-order valence-electron chi connectivity index (χ0n) is 22.7. The normalized spacial score (nSPS) is 13.6. The van der Waals surface area contributed by atoms with Crippen LogP contribution in [0, 0.1) is 0 Å². The lowest BCUT2D eigenvalue weighted by atomic mass is 10.0. The molecule has 0 aliphatic carbocycles. The van der Waals surface area contributed by atoms with Gasteiger partial charge >= 0.3 is 5.97 Å². The molecule has 4 unspecified atom stereocenters. The van der Waals surface area contributed by atoms with Crippen molar-refractivity contribution in [2.75, 3.05) is 13.7 Å². The van der Waals surface area contributed by atoms with Crippen LogP contribution in [-0.2, 0) is 36.8 Å². The first-order valence-electron chi connectivity index (χ1n) is 12.9. The van der Waals surface area contributed by atoms with Crippen LogP contribution >= 0.6 is 0 Å². The van der Waals surface area contributed by atoms with Crippen molar-refractivity contribution in [2.45, 2.75) is 56.8 Å². The third-order valence-electron chi connectivity index (χ3n) is 5.94. The van der Waals surface area contributed by atoms with Crippen molar-refractivity contribution in [1.82, 2.24) is 16.0 Å². The van der Waals surface area contributed by atoms with Crippen molar-refractivity contribution in [3.8, 4) is 0 Å². The molecule has 12 nitrogen and oxygen atoms in total. The van der Waals surface area contributed by atoms with Gasteiger partial charge in [-0.3, -0.25) is 19.4 Å². The van der Waals surface area contributed by atoms with Gasteiger partial charge in [0.1, 0.15) is 18.1 Å². The average molecular weight is 555 g/mol. The van der Waals surface area contributed by atoms with Crippen LogP contribution in [0.5, 0.6) is 0 Å². The summed E-state index contributed by atoms with van der Waals surface area (Å²) in [6, 6.07) is 14.5. The van der Waals surface area contributed by atoms with Crippen molar-refractivity contribution in [1.29, 1.82) is 0 Å². The summed E-state index contributed by atoms with van der Waals surface area (Å²) in [5.74, 6) is -2.63. The number of hydrogen-bond acceptors (Lipinski definition) is 7. The van der Waals surface area contributed by atoms with Gasteiger partial charge in [0.15, 0.2) is 5.96 Å². The zero-order valence-corrected chi connectivity index (χ0v) is 22.7. The largest absolute Gasteiger partial charge is 0.467 e. The second-order valence-electron chi connectivity index (χ2n) is 9.22. The van der Waals surface area contributed by atoms with Crippen molar-refractivity contribution in [2.24, 2.45) is 16.5 Å². The van der Waals surface area contributed by atoms with E-state index in [0.717, 1.165) is 11.1 Å². The summed E-state index contributed by atoms with van der Waals surface area (Å²) in [7, 11) is 1.20. The van der Waals surface area contributed by atoms with Gasteiger partial charge in [-0.25, -0.2) is 4.79 Å². The van der Waals surface area contributed by atoms with Crippen LogP contribution in [0.3, 0.4) is 0 Å². The van der Waals surface area contributed by atoms with E-state index in [1.165, 1.54) is 14.0 Å².